The molecule has 0 radical (unpaired) electrons. The van der Waals surface area contributed by atoms with E-state index in [1.807, 2.05) is 7.11 Å². The van der Waals surface area contributed by atoms with E-state index < -0.39 is 0 Å². The van der Waals surface area contributed by atoms with Crippen LogP contribution in [-0.4, -0.2) is 18.8 Å². The molecule has 0 amide bonds. The predicted molar refractivity (Wildman–Crippen MR) is 82.6 cm³/mol. The quantitative estimate of drug-likeness (QED) is 0.907. The van der Waals surface area contributed by atoms with Crippen LogP contribution in [0.5, 0.6) is 0 Å². The molecule has 1 aromatic carbocycles. The minimum absolute atomic E-state index is 0.0687. The molecule has 2 heteroatoms. The van der Waals surface area contributed by atoms with E-state index in [1.165, 1.54) is 24.8 Å². The zero-order valence-electron chi connectivity index (χ0n) is 12.7. The van der Waals surface area contributed by atoms with Gasteiger partial charge in [0.05, 0.1) is 5.60 Å². The summed E-state index contributed by atoms with van der Waals surface area (Å²) in [6, 6.07) is 11.0. The molecule has 2 saturated carbocycles. The van der Waals surface area contributed by atoms with E-state index in [4.69, 9.17) is 10.5 Å². The fourth-order valence-corrected chi connectivity index (χ4v) is 4.01. The molecule has 20 heavy (non-hydrogen) atoms. The van der Waals surface area contributed by atoms with E-state index in [2.05, 4.69) is 37.3 Å². The van der Waals surface area contributed by atoms with Crippen LogP contribution >= 0.6 is 0 Å². The molecule has 0 heterocycles. The van der Waals surface area contributed by atoms with Crippen molar-refractivity contribution >= 4 is 0 Å². The Kier molecular flexibility index (Phi) is 3.87. The molecule has 3 rings (SSSR count). The largest absolute Gasteiger partial charge is 0.377 e. The van der Waals surface area contributed by atoms with E-state index >= 15 is 0 Å². The van der Waals surface area contributed by atoms with E-state index in [0.717, 1.165) is 18.8 Å². The third-order valence-electron chi connectivity index (χ3n) is 5.66. The number of nitrogens with two attached hydrogens (primary N) is 1. The normalized spacial score (nSPS) is 38.5. The molecule has 0 bridgehead atoms. The predicted octanol–water partition coefficient (Wildman–Crippen LogP) is 3.71. The summed E-state index contributed by atoms with van der Waals surface area (Å²) in [6.07, 6.45) is 5.99. The molecule has 0 spiro atoms. The topological polar surface area (TPSA) is 35.2 Å². The molecular weight excluding hydrogens is 246 g/mol. The molecule has 1 aromatic rings. The maximum absolute atomic E-state index is 6.65. The van der Waals surface area contributed by atoms with Crippen molar-refractivity contribution in [2.45, 2.75) is 56.6 Å². The van der Waals surface area contributed by atoms with Gasteiger partial charge in [-0.05, 0) is 55.4 Å². The minimum atomic E-state index is -0.0687. The van der Waals surface area contributed by atoms with E-state index in [1.54, 1.807) is 0 Å². The molecule has 3 unspecified atom stereocenters. The summed E-state index contributed by atoms with van der Waals surface area (Å²) in [7, 11) is 1.86. The lowest BCUT2D eigenvalue weighted by atomic mass is 9.74. The molecule has 2 aliphatic carbocycles. The Morgan fingerprint density at radius 3 is 2.45 bits per heavy atom. The number of hydrogen-bond acceptors (Lipinski definition) is 2. The van der Waals surface area contributed by atoms with Crippen LogP contribution in [0, 0.1) is 11.8 Å². The lowest BCUT2D eigenvalue weighted by Crippen LogP contribution is -2.53. The lowest BCUT2D eigenvalue weighted by molar-refractivity contribution is -0.0711. The Morgan fingerprint density at radius 2 is 1.85 bits per heavy atom. The molecule has 2 nitrogen and oxygen atoms in total. The van der Waals surface area contributed by atoms with Crippen molar-refractivity contribution in [1.29, 1.82) is 0 Å². The molecule has 0 aromatic heterocycles. The van der Waals surface area contributed by atoms with E-state index in [0.29, 0.717) is 11.8 Å². The molecular formula is C18H27NO. The van der Waals surface area contributed by atoms with Gasteiger partial charge in [0, 0.05) is 13.2 Å². The summed E-state index contributed by atoms with van der Waals surface area (Å²) in [5.74, 6) is 2.08. The van der Waals surface area contributed by atoms with Gasteiger partial charge in [0.25, 0.3) is 0 Å². The average Bonchev–Trinajstić information content (AvgIpc) is 3.29. The van der Waals surface area contributed by atoms with Gasteiger partial charge >= 0.3 is 0 Å². The second-order valence-electron chi connectivity index (χ2n) is 6.89. The summed E-state index contributed by atoms with van der Waals surface area (Å²) in [6.45, 7) is 2.34. The molecule has 0 aliphatic heterocycles. The van der Waals surface area contributed by atoms with E-state index in [-0.39, 0.29) is 11.6 Å². The molecule has 2 N–H and O–H groups in total. The second kappa shape index (κ2) is 5.50. The summed E-state index contributed by atoms with van der Waals surface area (Å²) >= 11 is 0. The van der Waals surface area contributed by atoms with Crippen LogP contribution in [0.4, 0.5) is 0 Å². The summed E-state index contributed by atoms with van der Waals surface area (Å²) in [5, 5.41) is 0. The Hall–Kier alpha value is -0.860. The fourth-order valence-electron chi connectivity index (χ4n) is 4.01. The highest BCUT2D eigenvalue weighted by Gasteiger charge is 2.51. The number of rotatable bonds is 4. The highest BCUT2D eigenvalue weighted by atomic mass is 16.5. The highest BCUT2D eigenvalue weighted by Crippen LogP contribution is 2.53. The number of hydrogen-bond donors (Lipinski definition) is 1. The summed E-state index contributed by atoms with van der Waals surface area (Å²) < 4.78 is 5.95. The Labute approximate surface area is 122 Å². The van der Waals surface area contributed by atoms with Gasteiger partial charge in [0.2, 0.25) is 0 Å². The monoisotopic (exact) mass is 273 g/mol. The van der Waals surface area contributed by atoms with Gasteiger partial charge in [-0.1, -0.05) is 37.3 Å². The van der Waals surface area contributed by atoms with Gasteiger partial charge in [-0.2, -0.15) is 0 Å². The van der Waals surface area contributed by atoms with Crippen LogP contribution in [-0.2, 0) is 4.74 Å². The average molecular weight is 273 g/mol. The molecule has 110 valence electrons. The SMILES string of the molecule is COC1(C(N)C2CC2c2ccccc2)CCC(C)CC1. The van der Waals surface area contributed by atoms with Gasteiger partial charge in [-0.3, -0.25) is 0 Å². The van der Waals surface area contributed by atoms with Crippen LogP contribution in [0.3, 0.4) is 0 Å². The summed E-state index contributed by atoms with van der Waals surface area (Å²) in [5.41, 5.74) is 8.03. The van der Waals surface area contributed by atoms with Crippen LogP contribution < -0.4 is 5.73 Å². The Bertz CT molecular complexity index is 436. The minimum Gasteiger partial charge on any atom is -0.377 e. The second-order valence-corrected chi connectivity index (χ2v) is 6.89. The first-order valence-corrected chi connectivity index (χ1v) is 8.02. The maximum atomic E-state index is 6.65. The van der Waals surface area contributed by atoms with Crippen molar-refractivity contribution < 1.29 is 4.74 Å². The van der Waals surface area contributed by atoms with Crippen molar-refractivity contribution in [3.63, 3.8) is 0 Å². The van der Waals surface area contributed by atoms with E-state index in [9.17, 15) is 0 Å². The zero-order valence-corrected chi connectivity index (χ0v) is 12.7. The van der Waals surface area contributed by atoms with Crippen molar-refractivity contribution in [3.8, 4) is 0 Å². The number of benzene rings is 1. The van der Waals surface area contributed by atoms with Crippen molar-refractivity contribution in [1.82, 2.24) is 0 Å². The molecule has 3 atom stereocenters. The third kappa shape index (κ3) is 2.51. The van der Waals surface area contributed by atoms with Crippen LogP contribution in [0.15, 0.2) is 30.3 Å². The van der Waals surface area contributed by atoms with Crippen LogP contribution in [0.1, 0.15) is 50.5 Å². The van der Waals surface area contributed by atoms with Crippen LogP contribution in [0.2, 0.25) is 0 Å². The first-order valence-electron chi connectivity index (χ1n) is 8.02. The fraction of sp³-hybridized carbons (Fsp3) is 0.667. The highest BCUT2D eigenvalue weighted by molar-refractivity contribution is 5.27. The molecule has 2 fully saturated rings. The lowest BCUT2D eigenvalue weighted by Gasteiger charge is -2.43. The van der Waals surface area contributed by atoms with Gasteiger partial charge in [0.15, 0.2) is 0 Å². The third-order valence-corrected chi connectivity index (χ3v) is 5.66. The zero-order chi connectivity index (χ0) is 14.2. The molecule has 0 saturated heterocycles. The maximum Gasteiger partial charge on any atom is 0.0832 e. The van der Waals surface area contributed by atoms with Crippen molar-refractivity contribution in [3.05, 3.63) is 35.9 Å². The van der Waals surface area contributed by atoms with Crippen LogP contribution in [0.25, 0.3) is 0 Å². The van der Waals surface area contributed by atoms with Crippen molar-refractivity contribution in [2.75, 3.05) is 7.11 Å². The standard InChI is InChI=1S/C18H27NO/c1-13-8-10-18(20-2,11-9-13)17(19)16-12-15(16)14-6-4-3-5-7-14/h3-7,13,15-17H,8-12,19H2,1-2H3. The number of ether oxygens (including phenoxy) is 1. The first-order chi connectivity index (χ1) is 9.66. The molecule has 2 aliphatic rings. The Balaban J connectivity index is 1.69. The first kappa shape index (κ1) is 14.1. The summed E-state index contributed by atoms with van der Waals surface area (Å²) in [4.78, 5) is 0. The number of methoxy groups -OCH3 is 1. The Morgan fingerprint density at radius 1 is 1.20 bits per heavy atom. The van der Waals surface area contributed by atoms with Gasteiger partial charge in [0.1, 0.15) is 0 Å². The van der Waals surface area contributed by atoms with Gasteiger partial charge in [-0.25, -0.2) is 0 Å². The van der Waals surface area contributed by atoms with Crippen molar-refractivity contribution in [2.24, 2.45) is 17.6 Å². The van der Waals surface area contributed by atoms with Gasteiger partial charge < -0.3 is 10.5 Å². The van der Waals surface area contributed by atoms with Gasteiger partial charge in [-0.15, -0.1) is 0 Å². The smallest absolute Gasteiger partial charge is 0.0832 e.